The Morgan fingerprint density at radius 2 is 1.71 bits per heavy atom. The number of rotatable bonds is 3. The number of nitrogens with zero attached hydrogens (tertiary/aromatic N) is 2. The van der Waals surface area contributed by atoms with Crippen molar-refractivity contribution in [3.8, 4) is 0 Å². The summed E-state index contributed by atoms with van der Waals surface area (Å²) in [4.78, 5) is 20.7. The molecule has 31 heavy (non-hydrogen) atoms. The summed E-state index contributed by atoms with van der Waals surface area (Å²) in [5.74, 6) is 0.388. The van der Waals surface area contributed by atoms with Gasteiger partial charge in [-0.05, 0) is 48.9 Å². The molecule has 152 valence electrons. The predicted molar refractivity (Wildman–Crippen MR) is 134 cm³/mol. The van der Waals surface area contributed by atoms with Crippen molar-refractivity contribution in [2.45, 2.75) is 6.92 Å². The summed E-state index contributed by atoms with van der Waals surface area (Å²) < 4.78 is 2.04. The highest BCUT2D eigenvalue weighted by Crippen LogP contribution is 2.39. The van der Waals surface area contributed by atoms with Crippen LogP contribution in [0.25, 0.3) is 16.2 Å². The third kappa shape index (κ3) is 3.74. The molecule has 0 fully saturated rings. The first-order valence-corrected chi connectivity index (χ1v) is 11.6. The molecule has 6 heteroatoms. The van der Waals surface area contributed by atoms with Gasteiger partial charge in [-0.3, -0.25) is 9.69 Å². The monoisotopic (exact) mass is 506 g/mol. The first-order chi connectivity index (χ1) is 15.0. The van der Waals surface area contributed by atoms with E-state index in [1.165, 1.54) is 0 Å². The van der Waals surface area contributed by atoms with Crippen molar-refractivity contribution in [2.75, 3.05) is 4.90 Å². The highest BCUT2D eigenvalue weighted by Gasteiger charge is 2.34. The van der Waals surface area contributed by atoms with Crippen molar-refractivity contribution in [3.05, 3.63) is 104 Å². The molecule has 4 aromatic rings. The van der Waals surface area contributed by atoms with Gasteiger partial charge in [0, 0.05) is 14.6 Å². The van der Waals surface area contributed by atoms with Crippen LogP contribution in [-0.4, -0.2) is 11.7 Å². The topological polar surface area (TPSA) is 32.7 Å². The Hall–Kier alpha value is -2.73. The fourth-order valence-electron chi connectivity index (χ4n) is 3.48. The van der Waals surface area contributed by atoms with Crippen LogP contribution in [0, 0.1) is 6.92 Å². The minimum Gasteiger partial charge on any atom is -0.266 e. The van der Waals surface area contributed by atoms with Crippen molar-refractivity contribution in [1.82, 2.24) is 0 Å². The lowest BCUT2D eigenvalue weighted by Gasteiger charge is -2.18. The number of halogens is 2. The number of aliphatic imine (C=N–C) groups is 1. The van der Waals surface area contributed by atoms with Gasteiger partial charge in [-0.1, -0.05) is 75.6 Å². The average Bonchev–Trinajstić information content (AvgIpc) is 3.28. The van der Waals surface area contributed by atoms with Gasteiger partial charge >= 0.3 is 0 Å². The van der Waals surface area contributed by atoms with Gasteiger partial charge in [0.1, 0.15) is 5.70 Å². The number of hydrogen-bond donors (Lipinski definition) is 0. The van der Waals surface area contributed by atoms with Gasteiger partial charge in [-0.15, -0.1) is 11.3 Å². The molecule has 0 radical (unpaired) electrons. The Labute approximate surface area is 197 Å². The Kier molecular flexibility index (Phi) is 5.26. The number of thiophene rings is 1. The van der Waals surface area contributed by atoms with E-state index in [0.29, 0.717) is 16.6 Å². The summed E-state index contributed by atoms with van der Waals surface area (Å²) in [5.41, 5.74) is 3.18. The van der Waals surface area contributed by atoms with Crippen molar-refractivity contribution >= 4 is 72.5 Å². The van der Waals surface area contributed by atoms with Crippen LogP contribution < -0.4 is 4.90 Å². The maximum atomic E-state index is 13.5. The molecule has 0 unspecified atom stereocenters. The number of carbonyl (C=O) groups is 1. The number of carbonyl (C=O) groups excluding carboxylic acids is 1. The second kappa shape index (κ2) is 8.08. The summed E-state index contributed by atoms with van der Waals surface area (Å²) in [6.45, 7) is 2.02. The first-order valence-electron chi connectivity index (χ1n) is 9.66. The number of benzene rings is 3. The molecule has 1 aliphatic heterocycles. The molecular weight excluding hydrogens is 492 g/mol. The molecule has 1 amide bonds. The van der Waals surface area contributed by atoms with E-state index >= 15 is 0 Å². The minimum atomic E-state index is -0.171. The molecule has 0 atom stereocenters. The van der Waals surface area contributed by atoms with Crippen LogP contribution in [0.2, 0.25) is 5.02 Å². The Bertz CT molecular complexity index is 1370. The number of amides is 1. The molecule has 0 bridgehead atoms. The van der Waals surface area contributed by atoms with E-state index in [0.717, 1.165) is 36.3 Å². The molecular formula is C25H16BrClN2OS. The molecule has 0 aliphatic carbocycles. The summed E-state index contributed by atoms with van der Waals surface area (Å²) in [7, 11) is 0. The van der Waals surface area contributed by atoms with Crippen LogP contribution in [0.5, 0.6) is 0 Å². The molecule has 0 N–H and O–H groups in total. The second-order valence-electron chi connectivity index (χ2n) is 7.23. The lowest BCUT2D eigenvalue weighted by Crippen LogP contribution is -2.32. The number of amidine groups is 1. The smallest absolute Gasteiger partial charge is 0.266 e. The number of hydrogen-bond acceptors (Lipinski definition) is 3. The van der Waals surface area contributed by atoms with Crippen LogP contribution >= 0.6 is 38.9 Å². The van der Waals surface area contributed by atoms with Gasteiger partial charge in [0.15, 0.2) is 5.84 Å². The fourth-order valence-corrected chi connectivity index (χ4v) is 5.24. The lowest BCUT2D eigenvalue weighted by atomic mass is 10.2. The second-order valence-corrected chi connectivity index (χ2v) is 9.58. The zero-order chi connectivity index (χ0) is 21.5. The van der Waals surface area contributed by atoms with E-state index in [1.807, 2.05) is 85.8 Å². The molecule has 0 saturated carbocycles. The first kappa shape index (κ1) is 20.2. The Morgan fingerprint density at radius 1 is 1.00 bits per heavy atom. The van der Waals surface area contributed by atoms with E-state index in [-0.39, 0.29) is 5.91 Å². The summed E-state index contributed by atoms with van der Waals surface area (Å²) in [6, 6.07) is 23.6. The number of anilines is 1. The normalized spacial score (nSPS) is 15.2. The third-order valence-electron chi connectivity index (χ3n) is 5.06. The van der Waals surface area contributed by atoms with Gasteiger partial charge in [0.05, 0.1) is 15.6 Å². The van der Waals surface area contributed by atoms with Gasteiger partial charge in [-0.2, -0.15) is 0 Å². The van der Waals surface area contributed by atoms with E-state index in [4.69, 9.17) is 16.6 Å². The van der Waals surface area contributed by atoms with Gasteiger partial charge in [-0.25, -0.2) is 4.99 Å². The zero-order valence-corrected chi connectivity index (χ0v) is 19.6. The van der Waals surface area contributed by atoms with Crippen molar-refractivity contribution in [2.24, 2.45) is 4.99 Å². The number of fused-ring (bicyclic) bond motifs is 1. The molecule has 1 aromatic heterocycles. The van der Waals surface area contributed by atoms with Crippen LogP contribution in [0.1, 0.15) is 16.0 Å². The van der Waals surface area contributed by atoms with Gasteiger partial charge in [0.25, 0.3) is 5.91 Å². The van der Waals surface area contributed by atoms with E-state index in [2.05, 4.69) is 15.9 Å². The molecule has 3 nitrogen and oxygen atoms in total. The Balaban J connectivity index is 1.68. The zero-order valence-electron chi connectivity index (χ0n) is 16.5. The Morgan fingerprint density at radius 3 is 2.42 bits per heavy atom. The standard InChI is InChI=1S/C25H16BrClN2OS/c1-15-6-12-18(13-7-15)29-24(23-22(27)19-4-2-3-5-21(19)31-23)28-20(25(29)30)14-16-8-10-17(26)11-9-16/h2-14H,1H3/b20-14+. The maximum absolute atomic E-state index is 13.5. The maximum Gasteiger partial charge on any atom is 0.282 e. The fraction of sp³-hybridized carbons (Fsp3) is 0.0400. The number of aryl methyl sites for hydroxylation is 1. The van der Waals surface area contributed by atoms with Gasteiger partial charge in [0.2, 0.25) is 0 Å². The average molecular weight is 508 g/mol. The molecule has 1 aliphatic rings. The van der Waals surface area contributed by atoms with Crippen LogP contribution in [0.3, 0.4) is 0 Å². The van der Waals surface area contributed by atoms with Crippen LogP contribution in [0.4, 0.5) is 5.69 Å². The summed E-state index contributed by atoms with van der Waals surface area (Å²) >= 11 is 11.7. The van der Waals surface area contributed by atoms with E-state index in [9.17, 15) is 4.79 Å². The predicted octanol–water partition coefficient (Wildman–Crippen LogP) is 7.46. The van der Waals surface area contributed by atoms with E-state index in [1.54, 1.807) is 16.2 Å². The quantitative estimate of drug-likeness (QED) is 0.265. The largest absolute Gasteiger partial charge is 0.282 e. The highest BCUT2D eigenvalue weighted by atomic mass is 79.9. The SMILES string of the molecule is Cc1ccc(N2C(=O)/C(=C\c3ccc(Br)cc3)N=C2c2sc3ccccc3c2Cl)cc1. The molecule has 0 spiro atoms. The van der Waals surface area contributed by atoms with Crippen molar-refractivity contribution in [3.63, 3.8) is 0 Å². The molecule has 2 heterocycles. The molecule has 0 saturated heterocycles. The molecule has 3 aromatic carbocycles. The lowest BCUT2D eigenvalue weighted by molar-refractivity contribution is -0.113. The highest BCUT2D eigenvalue weighted by molar-refractivity contribution is 9.10. The van der Waals surface area contributed by atoms with Crippen molar-refractivity contribution in [1.29, 1.82) is 0 Å². The molecule has 5 rings (SSSR count). The van der Waals surface area contributed by atoms with Crippen LogP contribution in [-0.2, 0) is 4.79 Å². The van der Waals surface area contributed by atoms with Crippen molar-refractivity contribution < 1.29 is 4.79 Å². The third-order valence-corrected chi connectivity index (χ3v) is 7.26. The summed E-state index contributed by atoms with van der Waals surface area (Å²) in [5, 5.41) is 1.59. The van der Waals surface area contributed by atoms with E-state index < -0.39 is 0 Å². The minimum absolute atomic E-state index is 0.171. The summed E-state index contributed by atoms with van der Waals surface area (Å²) in [6.07, 6.45) is 1.81. The van der Waals surface area contributed by atoms with Gasteiger partial charge < -0.3 is 0 Å². The van der Waals surface area contributed by atoms with Crippen LogP contribution in [0.15, 0.2) is 88.0 Å².